The van der Waals surface area contributed by atoms with E-state index in [0.29, 0.717) is 18.4 Å². The van der Waals surface area contributed by atoms with Crippen LogP contribution in [0.2, 0.25) is 0 Å². The molecule has 2 fully saturated rings. The molecule has 27 heavy (non-hydrogen) atoms. The summed E-state index contributed by atoms with van der Waals surface area (Å²) in [5.74, 6) is -0.947. The second-order valence-electron chi connectivity index (χ2n) is 7.07. The van der Waals surface area contributed by atoms with Crippen LogP contribution in [0.25, 0.3) is 0 Å². The van der Waals surface area contributed by atoms with Crippen LogP contribution in [0.15, 0.2) is 18.2 Å². The van der Waals surface area contributed by atoms with Crippen LogP contribution in [0.3, 0.4) is 0 Å². The molecule has 1 heterocycles. The molecular weight excluding hydrogens is 394 g/mol. The highest BCUT2D eigenvalue weighted by Crippen LogP contribution is 2.37. The number of phenols is 1. The number of hydrogen-bond donors (Lipinski definition) is 3. The molecule has 150 valence electrons. The molecule has 1 aromatic rings. The van der Waals surface area contributed by atoms with E-state index < -0.39 is 32.7 Å². The quantitative estimate of drug-likeness (QED) is 0.628. The normalized spacial score (nSPS) is 25.4. The number of rotatable bonds is 5. The zero-order valence-corrected chi connectivity index (χ0v) is 16.5. The molecule has 0 aromatic heterocycles. The van der Waals surface area contributed by atoms with Crippen molar-refractivity contribution in [2.24, 2.45) is 5.92 Å². The first-order valence-electron chi connectivity index (χ1n) is 8.68. The Morgan fingerprint density at radius 1 is 1.30 bits per heavy atom. The van der Waals surface area contributed by atoms with E-state index in [4.69, 9.17) is 0 Å². The summed E-state index contributed by atoms with van der Waals surface area (Å²) in [7, 11) is -7.42. The van der Waals surface area contributed by atoms with Crippen LogP contribution in [0.4, 0.5) is 5.69 Å². The van der Waals surface area contributed by atoms with E-state index in [-0.39, 0.29) is 23.4 Å². The number of benzene rings is 1. The van der Waals surface area contributed by atoms with Crippen molar-refractivity contribution >= 4 is 31.8 Å². The molecule has 0 unspecified atom stereocenters. The predicted octanol–water partition coefficient (Wildman–Crippen LogP) is 0.224. The Kier molecular flexibility index (Phi) is 5.37. The van der Waals surface area contributed by atoms with E-state index in [2.05, 4.69) is 4.72 Å². The first-order chi connectivity index (χ1) is 12.6. The van der Waals surface area contributed by atoms with Gasteiger partial charge in [0.25, 0.3) is 5.91 Å². The summed E-state index contributed by atoms with van der Waals surface area (Å²) >= 11 is 0. The molecule has 0 bridgehead atoms. The van der Waals surface area contributed by atoms with Gasteiger partial charge in [-0.3, -0.25) is 4.79 Å². The van der Waals surface area contributed by atoms with Gasteiger partial charge in [0, 0.05) is 6.04 Å². The highest BCUT2D eigenvalue weighted by molar-refractivity contribution is 7.92. The largest absolute Gasteiger partial charge is 0.506 e. The Balaban J connectivity index is 1.93. The summed E-state index contributed by atoms with van der Waals surface area (Å²) in [4.78, 5) is 11.6. The molecule has 3 N–H and O–H groups in total. The van der Waals surface area contributed by atoms with Crippen molar-refractivity contribution in [3.63, 3.8) is 0 Å². The third-order valence-corrected chi connectivity index (χ3v) is 7.03. The first kappa shape index (κ1) is 19.9. The number of aromatic hydroxyl groups is 1. The van der Waals surface area contributed by atoms with E-state index in [1.807, 2.05) is 4.72 Å². The van der Waals surface area contributed by atoms with E-state index in [1.165, 1.54) is 6.07 Å². The highest BCUT2D eigenvalue weighted by Gasteiger charge is 2.37. The van der Waals surface area contributed by atoms with Crippen LogP contribution in [0.5, 0.6) is 5.75 Å². The Morgan fingerprint density at radius 2 is 2.00 bits per heavy atom. The number of para-hydroxylation sites is 1. The van der Waals surface area contributed by atoms with E-state index >= 15 is 0 Å². The third kappa shape index (κ3) is 4.53. The van der Waals surface area contributed by atoms with Gasteiger partial charge < -0.3 is 5.11 Å². The molecular formula is C16H23N3O6S2. The molecule has 1 saturated carbocycles. The predicted molar refractivity (Wildman–Crippen MR) is 99.9 cm³/mol. The minimum absolute atomic E-state index is 0.0389. The summed E-state index contributed by atoms with van der Waals surface area (Å²) < 4.78 is 53.2. The molecule has 2 atom stereocenters. The first-order valence-corrected chi connectivity index (χ1v) is 12.0. The molecule has 0 radical (unpaired) electrons. The van der Waals surface area contributed by atoms with Crippen LogP contribution >= 0.6 is 0 Å². The third-order valence-electron chi connectivity index (χ3n) is 4.92. The van der Waals surface area contributed by atoms with Crippen LogP contribution in [-0.2, 0) is 31.4 Å². The van der Waals surface area contributed by atoms with Crippen molar-refractivity contribution in [1.82, 2.24) is 9.44 Å². The zero-order valence-electron chi connectivity index (χ0n) is 14.9. The number of carbonyl (C=O) groups is 1. The van der Waals surface area contributed by atoms with Crippen molar-refractivity contribution in [3.8, 4) is 5.75 Å². The Bertz CT molecular complexity index is 945. The minimum atomic E-state index is -4.06. The van der Waals surface area contributed by atoms with Crippen LogP contribution in [-0.4, -0.2) is 46.7 Å². The van der Waals surface area contributed by atoms with Gasteiger partial charge >= 0.3 is 10.2 Å². The van der Waals surface area contributed by atoms with E-state index in [9.17, 15) is 26.7 Å². The maximum absolute atomic E-state index is 12.2. The van der Waals surface area contributed by atoms with Gasteiger partial charge in [-0.05, 0) is 36.8 Å². The number of sulfonamides is 1. The lowest BCUT2D eigenvalue weighted by molar-refractivity contribution is -0.117. The van der Waals surface area contributed by atoms with Crippen molar-refractivity contribution in [2.45, 2.75) is 38.1 Å². The molecule has 1 aromatic carbocycles. The van der Waals surface area contributed by atoms with Gasteiger partial charge in [-0.25, -0.2) is 22.2 Å². The van der Waals surface area contributed by atoms with Crippen LogP contribution < -0.4 is 13.7 Å². The number of nitrogens with zero attached hydrogens (tertiary/aromatic N) is 1. The average molecular weight is 418 g/mol. The number of nitrogens with one attached hydrogen (secondary N) is 2. The molecule has 11 heteroatoms. The van der Waals surface area contributed by atoms with Crippen LogP contribution in [0, 0.1) is 5.92 Å². The van der Waals surface area contributed by atoms with Gasteiger partial charge in [-0.2, -0.15) is 8.42 Å². The van der Waals surface area contributed by atoms with Gasteiger partial charge in [0.1, 0.15) is 12.3 Å². The average Bonchev–Trinajstić information content (AvgIpc) is 2.80. The summed E-state index contributed by atoms with van der Waals surface area (Å²) in [5.41, 5.74) is 0.627. The maximum Gasteiger partial charge on any atom is 0.326 e. The number of amides is 1. The second-order valence-corrected chi connectivity index (χ2v) is 10.4. The SMILES string of the molecule is CS(=O)(=O)N[C@H]1CCCC[C@@H]1Cc1cccc(O)c1N1CC(=O)NS1(=O)=O. The fraction of sp³-hybridized carbons (Fsp3) is 0.562. The minimum Gasteiger partial charge on any atom is -0.506 e. The number of anilines is 1. The Labute approximate surface area is 159 Å². The number of carbonyl (C=O) groups excluding carboxylic acids is 1. The summed E-state index contributed by atoms with van der Waals surface area (Å²) in [5, 5.41) is 10.3. The summed E-state index contributed by atoms with van der Waals surface area (Å²) in [6.07, 6.45) is 4.85. The zero-order chi connectivity index (χ0) is 19.8. The highest BCUT2D eigenvalue weighted by atomic mass is 32.2. The van der Waals surface area contributed by atoms with Crippen LogP contribution in [0.1, 0.15) is 31.2 Å². The molecule has 1 saturated heterocycles. The topological polar surface area (TPSA) is 133 Å². The van der Waals surface area contributed by atoms with Crippen molar-refractivity contribution in [1.29, 1.82) is 0 Å². The van der Waals surface area contributed by atoms with Crippen molar-refractivity contribution < 1.29 is 26.7 Å². The van der Waals surface area contributed by atoms with Gasteiger partial charge in [0.15, 0.2) is 0 Å². The van der Waals surface area contributed by atoms with E-state index in [1.54, 1.807) is 12.1 Å². The monoisotopic (exact) mass is 417 g/mol. The Morgan fingerprint density at radius 3 is 2.63 bits per heavy atom. The molecule has 9 nitrogen and oxygen atoms in total. The second kappa shape index (κ2) is 7.28. The lowest BCUT2D eigenvalue weighted by atomic mass is 9.81. The fourth-order valence-electron chi connectivity index (χ4n) is 3.84. The standard InChI is InChI=1S/C16H23N3O6S2/c1-26(22,23)17-13-7-3-2-5-11(13)9-12-6-4-8-14(20)16(12)19-10-15(21)18-27(19,24)25/h4,6,8,11,13,17,20H,2-3,5,7,9-10H2,1H3,(H,18,21)/t11-,13+/m1/s1. The molecule has 1 amide bonds. The maximum atomic E-state index is 12.2. The molecule has 1 aliphatic heterocycles. The lowest BCUT2D eigenvalue weighted by Gasteiger charge is -2.32. The molecule has 2 aliphatic rings. The lowest BCUT2D eigenvalue weighted by Crippen LogP contribution is -2.42. The smallest absolute Gasteiger partial charge is 0.326 e. The molecule has 0 spiro atoms. The fourth-order valence-corrected chi connectivity index (χ4v) is 5.90. The van der Waals surface area contributed by atoms with Crippen molar-refractivity contribution in [3.05, 3.63) is 23.8 Å². The van der Waals surface area contributed by atoms with Gasteiger partial charge in [0.2, 0.25) is 10.0 Å². The Hall–Kier alpha value is -1.85. The van der Waals surface area contributed by atoms with Gasteiger partial charge in [0.05, 0.1) is 11.9 Å². The summed E-state index contributed by atoms with van der Waals surface area (Å²) in [6, 6.07) is 4.41. The molecule has 1 aliphatic carbocycles. The number of phenolic OH excluding ortho intramolecular Hbond substituents is 1. The van der Waals surface area contributed by atoms with Crippen molar-refractivity contribution in [2.75, 3.05) is 17.1 Å². The van der Waals surface area contributed by atoms with Gasteiger partial charge in [-0.15, -0.1) is 0 Å². The van der Waals surface area contributed by atoms with E-state index in [0.717, 1.165) is 29.8 Å². The number of hydrogen-bond acceptors (Lipinski definition) is 6. The molecule has 3 rings (SSSR count). The van der Waals surface area contributed by atoms with Gasteiger partial charge in [-0.1, -0.05) is 25.0 Å². The summed E-state index contributed by atoms with van der Waals surface area (Å²) in [6.45, 7) is -0.400.